The summed E-state index contributed by atoms with van der Waals surface area (Å²) in [4.78, 5) is 20.5. The maximum absolute atomic E-state index is 12.0. The van der Waals surface area contributed by atoms with Gasteiger partial charge < -0.3 is 10.4 Å². The summed E-state index contributed by atoms with van der Waals surface area (Å²) in [5, 5.41) is 12.3. The van der Waals surface area contributed by atoms with Crippen molar-refractivity contribution in [3.63, 3.8) is 0 Å². The van der Waals surface area contributed by atoms with E-state index in [9.17, 15) is 9.90 Å². The van der Waals surface area contributed by atoms with E-state index in [4.69, 9.17) is 0 Å². The topological polar surface area (TPSA) is 75.1 Å². The molecule has 0 aliphatic rings. The predicted octanol–water partition coefficient (Wildman–Crippen LogP) is 4.03. The number of nitrogens with one attached hydrogen (secondary N) is 1. The Balaban J connectivity index is 1.50. The molecule has 5 nitrogen and oxygen atoms in total. The summed E-state index contributed by atoms with van der Waals surface area (Å²) in [6.45, 7) is 2.05. The first-order valence-electron chi connectivity index (χ1n) is 8.15. The molecule has 0 aliphatic carbocycles. The predicted molar refractivity (Wildman–Crippen MR) is 105 cm³/mol. The van der Waals surface area contributed by atoms with E-state index >= 15 is 0 Å². The summed E-state index contributed by atoms with van der Waals surface area (Å²) in [6, 6.07) is 15.0. The first-order valence-corrected chi connectivity index (χ1v) is 9.30. The lowest BCUT2D eigenvalue weighted by Crippen LogP contribution is -2.14. The van der Waals surface area contributed by atoms with Crippen molar-refractivity contribution in [2.24, 2.45) is 0 Å². The average molecular weight is 365 g/mol. The van der Waals surface area contributed by atoms with Crippen LogP contribution in [-0.4, -0.2) is 26.7 Å². The molecule has 1 aromatic heterocycles. The van der Waals surface area contributed by atoms with Gasteiger partial charge >= 0.3 is 0 Å². The summed E-state index contributed by atoms with van der Waals surface area (Å²) in [7, 11) is 0. The van der Waals surface area contributed by atoms with Crippen molar-refractivity contribution in [2.45, 2.75) is 12.7 Å². The molecule has 1 amide bonds. The summed E-state index contributed by atoms with van der Waals surface area (Å²) >= 11 is 1.56. The number of carbonyl (C=O) groups excluding carboxylic acids is 1. The second-order valence-electron chi connectivity index (χ2n) is 5.87. The van der Waals surface area contributed by atoms with Crippen molar-refractivity contribution >= 4 is 23.4 Å². The first kappa shape index (κ1) is 17.9. The van der Waals surface area contributed by atoms with Crippen LogP contribution in [0.15, 0.2) is 60.9 Å². The number of nitrogens with zero attached hydrogens (tertiary/aromatic N) is 2. The van der Waals surface area contributed by atoms with Gasteiger partial charge in [-0.2, -0.15) is 0 Å². The molecule has 0 atom stereocenters. The van der Waals surface area contributed by atoms with Crippen LogP contribution in [0.5, 0.6) is 5.75 Å². The van der Waals surface area contributed by atoms with Gasteiger partial charge in [-0.1, -0.05) is 42.0 Å². The molecule has 3 rings (SSSR count). The Bertz CT molecular complexity index is 880. The van der Waals surface area contributed by atoms with Crippen LogP contribution in [0.1, 0.15) is 11.1 Å². The van der Waals surface area contributed by atoms with Gasteiger partial charge in [0.05, 0.1) is 23.8 Å². The number of hydrogen-bond donors (Lipinski definition) is 2. The number of rotatable bonds is 6. The van der Waals surface area contributed by atoms with Crippen LogP contribution in [0.2, 0.25) is 0 Å². The van der Waals surface area contributed by atoms with Crippen molar-refractivity contribution in [3.05, 3.63) is 72.1 Å². The van der Waals surface area contributed by atoms with E-state index in [-0.39, 0.29) is 11.7 Å². The van der Waals surface area contributed by atoms with Crippen molar-refractivity contribution in [1.82, 2.24) is 9.97 Å². The summed E-state index contributed by atoms with van der Waals surface area (Å²) < 4.78 is 0. The lowest BCUT2D eigenvalue weighted by Gasteiger charge is -2.06. The average Bonchev–Trinajstić information content (AvgIpc) is 2.64. The second kappa shape index (κ2) is 8.49. The highest BCUT2D eigenvalue weighted by atomic mass is 32.2. The maximum atomic E-state index is 12.0. The van der Waals surface area contributed by atoms with Crippen molar-refractivity contribution < 1.29 is 9.90 Å². The van der Waals surface area contributed by atoms with Gasteiger partial charge in [-0.3, -0.25) is 4.79 Å². The molecule has 3 aromatic rings. The number of anilines is 1. The van der Waals surface area contributed by atoms with E-state index in [1.807, 2.05) is 6.07 Å². The molecule has 6 heteroatoms. The molecule has 0 saturated carbocycles. The highest BCUT2D eigenvalue weighted by Gasteiger charge is 2.06. The van der Waals surface area contributed by atoms with Gasteiger partial charge in [-0.05, 0) is 24.6 Å². The number of aromatic hydroxyl groups is 1. The van der Waals surface area contributed by atoms with Crippen LogP contribution in [0.25, 0.3) is 11.4 Å². The molecule has 132 valence electrons. The minimum absolute atomic E-state index is 0.0872. The minimum atomic E-state index is -0.0872. The van der Waals surface area contributed by atoms with Crippen LogP contribution in [0.3, 0.4) is 0 Å². The fourth-order valence-corrected chi connectivity index (χ4v) is 3.12. The number of thioether (sulfide) groups is 1. The zero-order valence-electron chi connectivity index (χ0n) is 14.3. The lowest BCUT2D eigenvalue weighted by atomic mass is 10.2. The van der Waals surface area contributed by atoms with Crippen LogP contribution >= 0.6 is 11.8 Å². The third kappa shape index (κ3) is 5.07. The molecule has 1 heterocycles. The number of aryl methyl sites for hydroxylation is 1. The lowest BCUT2D eigenvalue weighted by molar-refractivity contribution is -0.113. The van der Waals surface area contributed by atoms with Crippen LogP contribution in [-0.2, 0) is 10.5 Å². The maximum Gasteiger partial charge on any atom is 0.234 e. The van der Waals surface area contributed by atoms with Gasteiger partial charge in [0, 0.05) is 11.3 Å². The summed E-state index contributed by atoms with van der Waals surface area (Å²) in [6.07, 6.45) is 3.13. The molecule has 0 fully saturated rings. The summed E-state index contributed by atoms with van der Waals surface area (Å²) in [5.74, 6) is 1.72. The molecular formula is C20H19N3O2S. The second-order valence-corrected chi connectivity index (χ2v) is 6.86. The Kier molecular flexibility index (Phi) is 5.86. The smallest absolute Gasteiger partial charge is 0.234 e. The summed E-state index contributed by atoms with van der Waals surface area (Å²) in [5.41, 5.74) is 3.70. The van der Waals surface area contributed by atoms with E-state index in [0.29, 0.717) is 17.3 Å². The Hall–Kier alpha value is -2.86. The third-order valence-electron chi connectivity index (χ3n) is 3.66. The van der Waals surface area contributed by atoms with Crippen molar-refractivity contribution in [3.8, 4) is 17.1 Å². The van der Waals surface area contributed by atoms with Gasteiger partial charge in [-0.15, -0.1) is 11.8 Å². The molecule has 0 radical (unpaired) electrons. The molecule has 0 unspecified atom stereocenters. The van der Waals surface area contributed by atoms with E-state index in [0.717, 1.165) is 11.3 Å². The molecule has 26 heavy (non-hydrogen) atoms. The Morgan fingerprint density at radius 3 is 2.54 bits per heavy atom. The largest absolute Gasteiger partial charge is 0.508 e. The monoisotopic (exact) mass is 365 g/mol. The normalized spacial score (nSPS) is 10.5. The number of amides is 1. The van der Waals surface area contributed by atoms with Crippen molar-refractivity contribution in [2.75, 3.05) is 11.1 Å². The van der Waals surface area contributed by atoms with E-state index < -0.39 is 0 Å². The first-order chi connectivity index (χ1) is 12.6. The van der Waals surface area contributed by atoms with E-state index in [2.05, 4.69) is 46.5 Å². The van der Waals surface area contributed by atoms with Gasteiger partial charge in [0.25, 0.3) is 0 Å². The molecule has 2 aromatic carbocycles. The molecule has 0 aliphatic heterocycles. The number of aromatic nitrogens is 2. The van der Waals surface area contributed by atoms with Gasteiger partial charge in [0.2, 0.25) is 5.91 Å². The number of hydrogen-bond acceptors (Lipinski definition) is 5. The molecule has 2 N–H and O–H groups in total. The Morgan fingerprint density at radius 1 is 1.12 bits per heavy atom. The third-order valence-corrected chi connectivity index (χ3v) is 4.67. The van der Waals surface area contributed by atoms with Crippen molar-refractivity contribution in [1.29, 1.82) is 0 Å². The van der Waals surface area contributed by atoms with Gasteiger partial charge in [-0.25, -0.2) is 9.97 Å². The number of benzene rings is 2. The fraction of sp³-hybridized carbons (Fsp3) is 0.150. The quantitative estimate of drug-likeness (QED) is 0.690. The number of phenolic OH excluding ortho intramolecular Hbond substituents is 1. The number of carbonyl (C=O) groups is 1. The minimum Gasteiger partial charge on any atom is -0.508 e. The zero-order chi connectivity index (χ0) is 18.4. The molecular weight excluding hydrogens is 346 g/mol. The SMILES string of the molecule is Cc1ccc(CSCC(=O)Nc2cnc(-c3cccc(O)c3)nc2)cc1. The van der Waals surface area contributed by atoms with Crippen LogP contribution in [0, 0.1) is 6.92 Å². The van der Waals surface area contributed by atoms with Crippen LogP contribution in [0.4, 0.5) is 5.69 Å². The highest BCUT2D eigenvalue weighted by Crippen LogP contribution is 2.20. The standard InChI is InChI=1S/C20H19N3O2S/c1-14-5-7-15(8-6-14)12-26-13-19(25)23-17-10-21-20(22-11-17)16-3-2-4-18(24)9-16/h2-11,24H,12-13H2,1H3,(H,23,25). The van der Waals surface area contributed by atoms with Gasteiger partial charge in [0.1, 0.15) is 5.75 Å². The van der Waals surface area contributed by atoms with Crippen LogP contribution < -0.4 is 5.32 Å². The Morgan fingerprint density at radius 2 is 1.85 bits per heavy atom. The number of phenols is 1. The molecule has 0 spiro atoms. The fourth-order valence-electron chi connectivity index (χ4n) is 2.33. The molecule has 0 saturated heterocycles. The molecule has 0 bridgehead atoms. The zero-order valence-corrected chi connectivity index (χ0v) is 15.2. The van der Waals surface area contributed by atoms with Gasteiger partial charge in [0.15, 0.2) is 5.82 Å². The Labute approximate surface area is 156 Å². The van der Waals surface area contributed by atoms with E-state index in [1.165, 1.54) is 11.1 Å². The highest BCUT2D eigenvalue weighted by molar-refractivity contribution is 7.99. The van der Waals surface area contributed by atoms with E-state index in [1.54, 1.807) is 42.4 Å².